The molecule has 184 valence electrons. The van der Waals surface area contributed by atoms with Crippen LogP contribution < -0.4 is 10.0 Å². The first-order valence-electron chi connectivity index (χ1n) is 11.2. The lowest BCUT2D eigenvalue weighted by Crippen LogP contribution is -2.31. The van der Waals surface area contributed by atoms with Crippen LogP contribution in [0.4, 0.5) is 24.8 Å². The van der Waals surface area contributed by atoms with Crippen LogP contribution in [0.15, 0.2) is 59.6 Å². The van der Waals surface area contributed by atoms with Gasteiger partial charge in [0.1, 0.15) is 16.7 Å². The fourth-order valence-electron chi connectivity index (χ4n) is 4.20. The number of pyridine rings is 2. The predicted octanol–water partition coefficient (Wildman–Crippen LogP) is 6.65. The third kappa shape index (κ3) is 6.25. The first-order chi connectivity index (χ1) is 16.7. The zero-order chi connectivity index (χ0) is 25.0. The minimum Gasteiger partial charge on any atom is -0.481 e. The van der Waals surface area contributed by atoms with Crippen LogP contribution in [0.1, 0.15) is 36.8 Å². The van der Waals surface area contributed by atoms with Gasteiger partial charge in [0.2, 0.25) is 0 Å². The quantitative estimate of drug-likeness (QED) is 0.312. The van der Waals surface area contributed by atoms with E-state index in [2.05, 4.69) is 20.0 Å². The van der Waals surface area contributed by atoms with Gasteiger partial charge in [-0.25, -0.2) is 9.97 Å². The molecule has 1 saturated carbocycles. The van der Waals surface area contributed by atoms with Crippen molar-refractivity contribution in [3.8, 4) is 11.3 Å². The molecule has 6 nitrogen and oxygen atoms in total. The number of aryl methyl sites for hydroxylation is 1. The van der Waals surface area contributed by atoms with E-state index in [1.54, 1.807) is 43.3 Å². The van der Waals surface area contributed by atoms with Crippen molar-refractivity contribution < 1.29 is 23.1 Å². The minimum atomic E-state index is -4.53. The zero-order valence-corrected chi connectivity index (χ0v) is 19.8. The molecule has 1 aromatic carbocycles. The van der Waals surface area contributed by atoms with Gasteiger partial charge in [0.05, 0.1) is 17.2 Å². The highest BCUT2D eigenvalue weighted by atomic mass is 32.2. The number of rotatable bonds is 7. The molecule has 2 aromatic heterocycles. The number of halogens is 3. The molecule has 2 heterocycles. The lowest BCUT2D eigenvalue weighted by atomic mass is 9.86. The number of nitrogens with zero attached hydrogens (tertiary/aromatic N) is 2. The van der Waals surface area contributed by atoms with E-state index in [1.165, 1.54) is 6.07 Å². The van der Waals surface area contributed by atoms with E-state index in [0.29, 0.717) is 34.8 Å². The van der Waals surface area contributed by atoms with Crippen LogP contribution >= 0.6 is 11.9 Å². The molecule has 1 aliphatic carbocycles. The number of carboxylic acid groups (broad SMARTS) is 1. The Hall–Kier alpha value is -3.27. The Balaban J connectivity index is 1.49. The smallest absolute Gasteiger partial charge is 0.418 e. The van der Waals surface area contributed by atoms with Crippen LogP contribution in [-0.4, -0.2) is 27.1 Å². The molecule has 4 rings (SSSR count). The van der Waals surface area contributed by atoms with E-state index in [4.69, 9.17) is 0 Å². The summed E-state index contributed by atoms with van der Waals surface area (Å²) in [6.07, 6.45) is -1.59. The second kappa shape index (κ2) is 10.6. The van der Waals surface area contributed by atoms with Crippen LogP contribution in [0, 0.1) is 12.8 Å². The fourth-order valence-corrected chi connectivity index (χ4v) is 4.81. The molecule has 0 amide bonds. The predicted molar refractivity (Wildman–Crippen MR) is 130 cm³/mol. The van der Waals surface area contributed by atoms with Gasteiger partial charge in [0.25, 0.3) is 0 Å². The summed E-state index contributed by atoms with van der Waals surface area (Å²) < 4.78 is 43.9. The second-order valence-electron chi connectivity index (χ2n) is 8.51. The Kier molecular flexibility index (Phi) is 7.49. The molecule has 35 heavy (non-hydrogen) atoms. The number of carboxylic acids is 1. The Morgan fingerprint density at radius 3 is 2.57 bits per heavy atom. The van der Waals surface area contributed by atoms with Crippen LogP contribution in [0.25, 0.3) is 11.3 Å². The molecule has 0 radical (unpaired) electrons. The molecule has 3 aromatic rings. The van der Waals surface area contributed by atoms with Crippen molar-refractivity contribution in [2.45, 2.75) is 49.9 Å². The number of aliphatic carboxylic acids is 1. The lowest BCUT2D eigenvalue weighted by molar-refractivity contribution is -0.143. The van der Waals surface area contributed by atoms with E-state index in [-0.39, 0.29) is 23.5 Å². The number of carbonyl (C=O) groups is 1. The molecule has 2 atom stereocenters. The van der Waals surface area contributed by atoms with E-state index in [9.17, 15) is 23.1 Å². The molecular weight excluding hydrogens is 477 g/mol. The molecular formula is C25H25F3N4O2S. The molecule has 0 aliphatic heterocycles. The number of nitrogens with one attached hydrogen (secondary N) is 2. The Bertz CT molecular complexity index is 1210. The van der Waals surface area contributed by atoms with Gasteiger partial charge in [-0.15, -0.1) is 0 Å². The lowest BCUT2D eigenvalue weighted by Gasteiger charge is -2.27. The number of anilines is 2. The van der Waals surface area contributed by atoms with Gasteiger partial charge in [0, 0.05) is 23.6 Å². The van der Waals surface area contributed by atoms with E-state index in [1.807, 2.05) is 6.07 Å². The number of hydrogen-bond acceptors (Lipinski definition) is 6. The van der Waals surface area contributed by atoms with Crippen LogP contribution in [0.5, 0.6) is 0 Å². The fraction of sp³-hybridized carbons (Fsp3) is 0.320. The van der Waals surface area contributed by atoms with Crippen molar-refractivity contribution in [3.63, 3.8) is 0 Å². The highest BCUT2D eigenvalue weighted by molar-refractivity contribution is 8.00. The summed E-state index contributed by atoms with van der Waals surface area (Å²) in [5.41, 5.74) is 0.196. The summed E-state index contributed by atoms with van der Waals surface area (Å²) in [7, 11) is 0. The van der Waals surface area contributed by atoms with Gasteiger partial charge in [-0.1, -0.05) is 36.8 Å². The maximum Gasteiger partial charge on any atom is 0.418 e. The van der Waals surface area contributed by atoms with Gasteiger partial charge in [-0.2, -0.15) is 13.2 Å². The van der Waals surface area contributed by atoms with Gasteiger partial charge in [-0.05, 0) is 56.0 Å². The first-order valence-corrected chi connectivity index (χ1v) is 12.1. The molecule has 10 heteroatoms. The molecule has 2 unspecified atom stereocenters. The van der Waals surface area contributed by atoms with Gasteiger partial charge in [0.15, 0.2) is 0 Å². The Morgan fingerprint density at radius 2 is 1.83 bits per heavy atom. The SMILES string of the molecule is Cc1ccccc1-c1nc(NSc2cccc(NC3CCCC(C(=O)O)C3)n2)ccc1C(F)(F)F. The first kappa shape index (κ1) is 24.8. The summed E-state index contributed by atoms with van der Waals surface area (Å²) in [6, 6.07) is 14.6. The van der Waals surface area contributed by atoms with Crippen molar-refractivity contribution >= 4 is 29.6 Å². The number of aromatic nitrogens is 2. The van der Waals surface area contributed by atoms with E-state index in [0.717, 1.165) is 30.9 Å². The van der Waals surface area contributed by atoms with Gasteiger partial charge in [-0.3, -0.25) is 4.79 Å². The van der Waals surface area contributed by atoms with Crippen LogP contribution in [0.3, 0.4) is 0 Å². The highest BCUT2D eigenvalue weighted by Crippen LogP contribution is 2.38. The minimum absolute atomic E-state index is 0.0267. The van der Waals surface area contributed by atoms with Crippen LogP contribution in [-0.2, 0) is 11.0 Å². The van der Waals surface area contributed by atoms with Crippen molar-refractivity contribution in [1.29, 1.82) is 0 Å². The van der Waals surface area contributed by atoms with Crippen molar-refractivity contribution in [2.24, 2.45) is 5.92 Å². The zero-order valence-electron chi connectivity index (χ0n) is 19.0. The third-order valence-electron chi connectivity index (χ3n) is 5.96. The topological polar surface area (TPSA) is 87.1 Å². The summed E-state index contributed by atoms with van der Waals surface area (Å²) in [5, 5.41) is 13.2. The van der Waals surface area contributed by atoms with Crippen molar-refractivity contribution in [1.82, 2.24) is 9.97 Å². The maximum atomic E-state index is 13.6. The summed E-state index contributed by atoms with van der Waals surface area (Å²) in [5.74, 6) is -0.229. The maximum absolute atomic E-state index is 13.6. The summed E-state index contributed by atoms with van der Waals surface area (Å²) in [4.78, 5) is 20.1. The molecule has 0 saturated heterocycles. The number of benzene rings is 1. The van der Waals surface area contributed by atoms with E-state index < -0.39 is 17.7 Å². The normalized spacial score (nSPS) is 18.2. The van der Waals surface area contributed by atoms with Crippen molar-refractivity contribution in [3.05, 3.63) is 65.7 Å². The largest absolute Gasteiger partial charge is 0.481 e. The second-order valence-corrected chi connectivity index (χ2v) is 9.34. The average Bonchev–Trinajstić information content (AvgIpc) is 2.83. The summed E-state index contributed by atoms with van der Waals surface area (Å²) in [6.45, 7) is 1.75. The van der Waals surface area contributed by atoms with Crippen LogP contribution in [0.2, 0.25) is 0 Å². The Morgan fingerprint density at radius 1 is 1.03 bits per heavy atom. The van der Waals surface area contributed by atoms with Gasteiger partial charge >= 0.3 is 12.1 Å². The third-order valence-corrected chi connectivity index (χ3v) is 6.71. The molecule has 3 N–H and O–H groups in total. The van der Waals surface area contributed by atoms with Crippen molar-refractivity contribution in [2.75, 3.05) is 10.0 Å². The Labute approximate surface area is 205 Å². The average molecular weight is 503 g/mol. The molecule has 0 bridgehead atoms. The summed E-state index contributed by atoms with van der Waals surface area (Å²) >= 11 is 1.14. The molecule has 0 spiro atoms. The molecule has 1 aliphatic rings. The highest BCUT2D eigenvalue weighted by Gasteiger charge is 2.35. The monoisotopic (exact) mass is 502 g/mol. The number of hydrogen-bond donors (Lipinski definition) is 3. The van der Waals surface area contributed by atoms with E-state index >= 15 is 0 Å². The molecule has 1 fully saturated rings. The standard InChI is InChI=1S/C25H25F3N4O2S/c1-15-6-2-3-9-18(15)23-19(25(26,27)28)12-13-21(31-23)32-35-22-11-5-10-20(30-22)29-17-8-4-7-16(14-17)24(33)34/h2-3,5-6,9-13,16-17H,4,7-8,14H2,1H3,(H,29,30)(H,31,32)(H,33,34). The van der Waals surface area contributed by atoms with Gasteiger partial charge < -0.3 is 15.1 Å². The number of alkyl halides is 3.